The van der Waals surface area contributed by atoms with E-state index in [1.807, 2.05) is 11.0 Å². The first-order chi connectivity index (χ1) is 4.88. The van der Waals surface area contributed by atoms with Crippen molar-refractivity contribution >= 4 is 0 Å². The molecule has 10 heavy (non-hydrogen) atoms. The Morgan fingerprint density at radius 1 is 1.80 bits per heavy atom. The molecule has 3 heteroatoms. The second kappa shape index (κ2) is 3.46. The molecule has 1 rings (SSSR count). The summed E-state index contributed by atoms with van der Waals surface area (Å²) in [5.74, 6) is 0.800. The summed E-state index contributed by atoms with van der Waals surface area (Å²) in [6.45, 7) is 0.954. The minimum absolute atomic E-state index is 0.0552. The Bertz CT molecular complexity index is 134. The van der Waals surface area contributed by atoms with E-state index in [9.17, 15) is 0 Å². The Morgan fingerprint density at radius 3 is 3.10 bits per heavy atom. The summed E-state index contributed by atoms with van der Waals surface area (Å²) in [6.07, 6.45) is 4.16. The second-order valence-corrected chi connectivity index (χ2v) is 2.29. The van der Waals surface area contributed by atoms with Crippen LogP contribution in [0, 0.1) is 0 Å². The summed E-state index contributed by atoms with van der Waals surface area (Å²) in [5, 5.41) is 8.80. The molecule has 1 heterocycles. The van der Waals surface area contributed by atoms with Crippen molar-refractivity contribution in [2.75, 3.05) is 20.4 Å². The van der Waals surface area contributed by atoms with E-state index in [0.717, 1.165) is 25.3 Å². The van der Waals surface area contributed by atoms with Gasteiger partial charge in [0.1, 0.15) is 6.73 Å². The first kappa shape index (κ1) is 7.41. The molecule has 0 atom stereocenters. The summed E-state index contributed by atoms with van der Waals surface area (Å²) in [6, 6.07) is 0. The fraction of sp³-hybridized carbons (Fsp3) is 0.714. The number of nitrogens with zero attached hydrogens (tertiary/aromatic N) is 1. The van der Waals surface area contributed by atoms with Crippen LogP contribution in [0.3, 0.4) is 0 Å². The lowest BCUT2D eigenvalue weighted by atomic mass is 10.2. The van der Waals surface area contributed by atoms with Gasteiger partial charge in [0, 0.05) is 6.54 Å². The Balaban J connectivity index is 2.53. The van der Waals surface area contributed by atoms with Gasteiger partial charge < -0.3 is 14.7 Å². The molecule has 1 N–H and O–H groups in total. The molecule has 0 unspecified atom stereocenters. The van der Waals surface area contributed by atoms with Crippen LogP contribution in [0.4, 0.5) is 0 Å². The molecule has 0 aromatic heterocycles. The third-order valence-electron chi connectivity index (χ3n) is 1.64. The number of hydrogen-bond donors (Lipinski definition) is 1. The molecule has 0 saturated carbocycles. The number of rotatable bonds is 2. The highest BCUT2D eigenvalue weighted by Crippen LogP contribution is 2.13. The van der Waals surface area contributed by atoms with E-state index >= 15 is 0 Å². The summed E-state index contributed by atoms with van der Waals surface area (Å²) >= 11 is 0. The van der Waals surface area contributed by atoms with Gasteiger partial charge in [0.15, 0.2) is 5.88 Å². The largest absolute Gasteiger partial charge is 0.483 e. The van der Waals surface area contributed by atoms with Crippen LogP contribution in [0.1, 0.15) is 12.8 Å². The van der Waals surface area contributed by atoms with Crippen molar-refractivity contribution in [3.8, 4) is 0 Å². The summed E-state index contributed by atoms with van der Waals surface area (Å²) in [4.78, 5) is 1.81. The molecule has 0 amide bonds. The second-order valence-electron chi connectivity index (χ2n) is 2.29. The van der Waals surface area contributed by atoms with Gasteiger partial charge in [-0.15, -0.1) is 0 Å². The maximum absolute atomic E-state index is 8.80. The van der Waals surface area contributed by atoms with Gasteiger partial charge in [0.05, 0.1) is 7.11 Å². The molecule has 0 aromatic rings. The lowest BCUT2D eigenvalue weighted by molar-refractivity contribution is 0.0619. The number of aliphatic hydroxyl groups excluding tert-OH is 1. The monoisotopic (exact) mass is 143 g/mol. The fourth-order valence-corrected chi connectivity index (χ4v) is 1.10. The van der Waals surface area contributed by atoms with E-state index in [0.29, 0.717) is 0 Å². The quantitative estimate of drug-likeness (QED) is 0.611. The summed E-state index contributed by atoms with van der Waals surface area (Å²) in [5.41, 5.74) is 0. The first-order valence-electron chi connectivity index (χ1n) is 3.48. The van der Waals surface area contributed by atoms with Gasteiger partial charge in [-0.1, -0.05) is 0 Å². The highest BCUT2D eigenvalue weighted by molar-refractivity contribution is 4.95. The fourth-order valence-electron chi connectivity index (χ4n) is 1.10. The van der Waals surface area contributed by atoms with Gasteiger partial charge in [-0.2, -0.15) is 0 Å². The van der Waals surface area contributed by atoms with Crippen molar-refractivity contribution in [3.63, 3.8) is 0 Å². The number of aliphatic hydroxyl groups is 1. The molecule has 58 valence electrons. The molecule has 0 aromatic carbocycles. The zero-order valence-corrected chi connectivity index (χ0v) is 6.21. The average molecular weight is 143 g/mol. The Labute approximate surface area is 60.9 Å². The minimum atomic E-state index is 0.0552. The normalized spacial score (nSPS) is 18.6. The van der Waals surface area contributed by atoms with E-state index in [1.165, 1.54) is 0 Å². The van der Waals surface area contributed by atoms with Crippen LogP contribution in [-0.2, 0) is 4.74 Å². The van der Waals surface area contributed by atoms with Crippen LogP contribution in [-0.4, -0.2) is 30.4 Å². The molecule has 1 aliphatic heterocycles. The first-order valence-corrected chi connectivity index (χ1v) is 3.48. The van der Waals surface area contributed by atoms with E-state index in [1.54, 1.807) is 7.11 Å². The van der Waals surface area contributed by atoms with Crippen LogP contribution in [0.25, 0.3) is 0 Å². The van der Waals surface area contributed by atoms with Crippen LogP contribution < -0.4 is 0 Å². The standard InChI is InChI=1S/C7H13NO2/c1-10-7-4-2-3-5-8(7)6-9/h4,9H,2-3,5-6H2,1H3. The number of allylic oxidation sites excluding steroid dienone is 1. The maximum Gasteiger partial charge on any atom is 0.186 e. The van der Waals surface area contributed by atoms with Crippen molar-refractivity contribution in [1.29, 1.82) is 0 Å². The van der Waals surface area contributed by atoms with Gasteiger partial charge in [0.2, 0.25) is 0 Å². The van der Waals surface area contributed by atoms with Crippen molar-refractivity contribution in [1.82, 2.24) is 4.90 Å². The van der Waals surface area contributed by atoms with E-state index in [4.69, 9.17) is 9.84 Å². The molecular weight excluding hydrogens is 130 g/mol. The van der Waals surface area contributed by atoms with Gasteiger partial charge in [-0.05, 0) is 18.9 Å². The highest BCUT2D eigenvalue weighted by atomic mass is 16.5. The van der Waals surface area contributed by atoms with Crippen molar-refractivity contribution in [3.05, 3.63) is 12.0 Å². The minimum Gasteiger partial charge on any atom is -0.483 e. The lowest BCUT2D eigenvalue weighted by Crippen LogP contribution is -2.28. The van der Waals surface area contributed by atoms with Crippen LogP contribution >= 0.6 is 0 Å². The molecule has 0 spiro atoms. The van der Waals surface area contributed by atoms with Gasteiger partial charge in [-0.25, -0.2) is 0 Å². The average Bonchev–Trinajstić information content (AvgIpc) is 2.04. The zero-order chi connectivity index (χ0) is 7.40. The third-order valence-corrected chi connectivity index (χ3v) is 1.64. The smallest absolute Gasteiger partial charge is 0.186 e. The molecule has 1 aliphatic rings. The van der Waals surface area contributed by atoms with Crippen LogP contribution in [0.5, 0.6) is 0 Å². The van der Waals surface area contributed by atoms with Crippen molar-refractivity contribution in [2.45, 2.75) is 12.8 Å². The molecular formula is C7H13NO2. The topological polar surface area (TPSA) is 32.7 Å². The predicted octanol–water partition coefficient (Wildman–Crippen LogP) is 0.520. The predicted molar refractivity (Wildman–Crippen MR) is 38.1 cm³/mol. The Hall–Kier alpha value is -0.700. The maximum atomic E-state index is 8.80. The highest BCUT2D eigenvalue weighted by Gasteiger charge is 2.11. The summed E-state index contributed by atoms with van der Waals surface area (Å²) < 4.78 is 5.02. The molecule has 0 bridgehead atoms. The molecule has 0 saturated heterocycles. The Kier molecular flexibility index (Phi) is 2.57. The molecule has 0 fully saturated rings. The van der Waals surface area contributed by atoms with Crippen molar-refractivity contribution in [2.24, 2.45) is 0 Å². The van der Waals surface area contributed by atoms with E-state index < -0.39 is 0 Å². The third kappa shape index (κ3) is 1.42. The van der Waals surface area contributed by atoms with E-state index in [-0.39, 0.29) is 6.73 Å². The number of hydrogen-bond acceptors (Lipinski definition) is 3. The lowest BCUT2D eigenvalue weighted by Gasteiger charge is -2.26. The molecule has 3 nitrogen and oxygen atoms in total. The van der Waals surface area contributed by atoms with E-state index in [2.05, 4.69) is 0 Å². The van der Waals surface area contributed by atoms with Gasteiger partial charge in [-0.3, -0.25) is 0 Å². The molecule has 0 radical (unpaired) electrons. The van der Waals surface area contributed by atoms with Gasteiger partial charge in [0.25, 0.3) is 0 Å². The SMILES string of the molecule is COC1=CCCCN1CO. The van der Waals surface area contributed by atoms with Crippen LogP contribution in [0.2, 0.25) is 0 Å². The number of methoxy groups -OCH3 is 1. The Morgan fingerprint density at radius 2 is 2.60 bits per heavy atom. The molecule has 0 aliphatic carbocycles. The summed E-state index contributed by atoms with van der Waals surface area (Å²) in [7, 11) is 1.62. The zero-order valence-electron chi connectivity index (χ0n) is 6.21. The van der Waals surface area contributed by atoms with Crippen molar-refractivity contribution < 1.29 is 9.84 Å². The van der Waals surface area contributed by atoms with Crippen LogP contribution in [0.15, 0.2) is 12.0 Å². The number of ether oxygens (including phenoxy) is 1. The van der Waals surface area contributed by atoms with Gasteiger partial charge >= 0.3 is 0 Å².